The summed E-state index contributed by atoms with van der Waals surface area (Å²) in [5.74, 6) is 0. The molecule has 8 rings (SSSR count). The fourth-order valence-corrected chi connectivity index (χ4v) is 6.70. The van der Waals surface area contributed by atoms with E-state index in [1.807, 2.05) is 36.4 Å². The van der Waals surface area contributed by atoms with Gasteiger partial charge in [-0.2, -0.15) is 5.26 Å². The molecule has 0 aliphatic rings. The number of fused-ring (bicyclic) bond motifs is 6. The molecule has 2 heterocycles. The quantitative estimate of drug-likeness (QED) is 0.197. The molecule has 206 valence electrons. The molecule has 0 saturated heterocycles. The van der Waals surface area contributed by atoms with Gasteiger partial charge in [0, 0.05) is 32.9 Å². The number of nitriles is 1. The minimum atomic E-state index is 0.512. The van der Waals surface area contributed by atoms with E-state index in [0.717, 1.165) is 44.6 Å². The summed E-state index contributed by atoms with van der Waals surface area (Å²) >= 11 is 0. The number of nitrogens with zero attached hydrogens (tertiary/aromatic N) is 4. The Bertz CT molecular complexity index is 2370. The molecule has 44 heavy (non-hydrogen) atoms. The van der Waals surface area contributed by atoms with Crippen LogP contribution >= 0.6 is 0 Å². The Morgan fingerprint density at radius 3 is 1.59 bits per heavy atom. The number of para-hydroxylation sites is 2. The molecule has 0 N–H and O–H groups in total. The van der Waals surface area contributed by atoms with Crippen molar-refractivity contribution in [2.24, 2.45) is 0 Å². The smallest absolute Gasteiger partial charge is 0.197 e. The molecule has 0 unspecified atom stereocenters. The molecule has 0 fully saturated rings. The summed E-state index contributed by atoms with van der Waals surface area (Å²) in [5.41, 5.74) is 11.2. The van der Waals surface area contributed by atoms with Crippen LogP contribution in [0.25, 0.3) is 71.0 Å². The highest BCUT2D eigenvalue weighted by molar-refractivity contribution is 6.10. The molecule has 4 nitrogen and oxygen atoms in total. The van der Waals surface area contributed by atoms with E-state index in [-0.39, 0.29) is 0 Å². The van der Waals surface area contributed by atoms with Gasteiger partial charge in [-0.05, 0) is 84.6 Å². The van der Waals surface area contributed by atoms with Crippen LogP contribution in [0.15, 0.2) is 121 Å². The Balaban J connectivity index is 1.30. The molecule has 8 aromatic rings. The van der Waals surface area contributed by atoms with Gasteiger partial charge in [0.25, 0.3) is 0 Å². The Morgan fingerprint density at radius 2 is 1.05 bits per heavy atom. The SMILES string of the molecule is [C-]#[N+]c1cc(-n2c3ccccc3c3ccc(C)cc32)ccc1-c1ccc(-n2c3ccccc3c3ccc(C)cc32)cc1C#N. The monoisotopic (exact) mass is 562 g/mol. The fourth-order valence-electron chi connectivity index (χ4n) is 6.70. The highest BCUT2D eigenvalue weighted by Crippen LogP contribution is 2.39. The Hall–Kier alpha value is -6.10. The second kappa shape index (κ2) is 9.73. The fraction of sp³-hybridized carbons (Fsp3) is 0.0500. The standard InChI is InChI=1S/C40H26N4/c1-25-12-16-34-32-8-4-6-10-37(32)43(39(34)20-25)28-14-18-30(27(22-28)24-41)31-19-15-29(23-36(31)42-3)44-38-11-7-5-9-33(38)35-17-13-26(2)21-40(35)44/h4-23H,1-2H3. The Kier molecular flexibility index (Phi) is 5.66. The van der Waals surface area contributed by atoms with Gasteiger partial charge in [-0.25, -0.2) is 4.85 Å². The Labute approximate surface area is 255 Å². The van der Waals surface area contributed by atoms with E-state index in [2.05, 4.69) is 119 Å². The largest absolute Gasteiger partial charge is 0.311 e. The topological polar surface area (TPSA) is 38.0 Å². The van der Waals surface area contributed by atoms with E-state index in [1.165, 1.54) is 32.7 Å². The zero-order chi connectivity index (χ0) is 29.9. The second-order valence-electron chi connectivity index (χ2n) is 11.4. The Morgan fingerprint density at radius 1 is 0.545 bits per heavy atom. The summed E-state index contributed by atoms with van der Waals surface area (Å²) in [4.78, 5) is 3.96. The van der Waals surface area contributed by atoms with Crippen molar-refractivity contribution in [2.45, 2.75) is 13.8 Å². The molecule has 0 amide bonds. The third-order valence-corrected chi connectivity index (χ3v) is 8.69. The highest BCUT2D eigenvalue weighted by atomic mass is 15.0. The highest BCUT2D eigenvalue weighted by Gasteiger charge is 2.18. The van der Waals surface area contributed by atoms with Crippen LogP contribution in [0.3, 0.4) is 0 Å². The van der Waals surface area contributed by atoms with Crippen LogP contribution in [-0.4, -0.2) is 9.13 Å². The van der Waals surface area contributed by atoms with Gasteiger partial charge in [-0.3, -0.25) is 0 Å². The predicted molar refractivity (Wildman–Crippen MR) is 181 cm³/mol. The third kappa shape index (κ3) is 3.76. The normalized spacial score (nSPS) is 11.4. The number of benzene rings is 6. The lowest BCUT2D eigenvalue weighted by Crippen LogP contribution is -1.97. The van der Waals surface area contributed by atoms with Crippen molar-refractivity contribution in [3.8, 4) is 28.6 Å². The summed E-state index contributed by atoms with van der Waals surface area (Å²) < 4.78 is 4.46. The lowest BCUT2D eigenvalue weighted by molar-refractivity contribution is 1.17. The molecule has 0 aliphatic carbocycles. The molecule has 0 spiro atoms. The first kappa shape index (κ1) is 25.6. The minimum Gasteiger partial charge on any atom is -0.311 e. The first-order valence-corrected chi connectivity index (χ1v) is 14.6. The van der Waals surface area contributed by atoms with Gasteiger partial charge in [-0.15, -0.1) is 0 Å². The van der Waals surface area contributed by atoms with Crippen molar-refractivity contribution < 1.29 is 0 Å². The van der Waals surface area contributed by atoms with Crippen LogP contribution in [0.4, 0.5) is 5.69 Å². The van der Waals surface area contributed by atoms with Crippen LogP contribution in [0.5, 0.6) is 0 Å². The van der Waals surface area contributed by atoms with Crippen LogP contribution in [0, 0.1) is 31.8 Å². The van der Waals surface area contributed by atoms with E-state index < -0.39 is 0 Å². The van der Waals surface area contributed by atoms with Gasteiger partial charge >= 0.3 is 0 Å². The zero-order valence-electron chi connectivity index (χ0n) is 24.3. The molecule has 0 radical (unpaired) electrons. The van der Waals surface area contributed by atoms with Crippen LogP contribution < -0.4 is 0 Å². The summed E-state index contributed by atoms with van der Waals surface area (Å²) in [6.45, 7) is 12.3. The van der Waals surface area contributed by atoms with Crippen molar-refractivity contribution in [2.75, 3.05) is 0 Å². The number of hydrogen-bond acceptors (Lipinski definition) is 1. The van der Waals surface area contributed by atoms with Crippen molar-refractivity contribution in [1.82, 2.24) is 9.13 Å². The molecule has 0 bridgehead atoms. The van der Waals surface area contributed by atoms with Crippen molar-refractivity contribution in [1.29, 1.82) is 5.26 Å². The summed E-state index contributed by atoms with van der Waals surface area (Å²) in [6, 6.07) is 44.2. The van der Waals surface area contributed by atoms with E-state index in [1.54, 1.807) is 0 Å². The maximum Gasteiger partial charge on any atom is 0.197 e. The van der Waals surface area contributed by atoms with Gasteiger partial charge in [0.1, 0.15) is 0 Å². The molecular weight excluding hydrogens is 536 g/mol. The van der Waals surface area contributed by atoms with E-state index in [4.69, 9.17) is 6.57 Å². The minimum absolute atomic E-state index is 0.512. The predicted octanol–water partition coefficient (Wildman–Crippen LogP) is 10.6. The van der Waals surface area contributed by atoms with E-state index in [9.17, 15) is 5.26 Å². The van der Waals surface area contributed by atoms with Gasteiger partial charge in [0.15, 0.2) is 5.69 Å². The molecular formula is C40H26N4. The summed E-state index contributed by atoms with van der Waals surface area (Å²) in [7, 11) is 0. The zero-order valence-corrected chi connectivity index (χ0v) is 24.3. The first-order valence-electron chi connectivity index (χ1n) is 14.6. The molecule has 0 atom stereocenters. The maximum absolute atomic E-state index is 10.4. The number of rotatable bonds is 3. The van der Waals surface area contributed by atoms with Crippen LogP contribution in [0.2, 0.25) is 0 Å². The summed E-state index contributed by atoms with van der Waals surface area (Å²) in [5, 5.41) is 15.1. The van der Waals surface area contributed by atoms with E-state index in [0.29, 0.717) is 11.3 Å². The van der Waals surface area contributed by atoms with Crippen molar-refractivity contribution >= 4 is 49.3 Å². The molecule has 2 aromatic heterocycles. The van der Waals surface area contributed by atoms with Gasteiger partial charge < -0.3 is 9.13 Å². The van der Waals surface area contributed by atoms with Crippen LogP contribution in [0.1, 0.15) is 16.7 Å². The number of hydrogen-bond donors (Lipinski definition) is 0. The number of aromatic nitrogens is 2. The number of aryl methyl sites for hydroxylation is 2. The van der Waals surface area contributed by atoms with Crippen molar-refractivity contribution in [3.63, 3.8) is 0 Å². The van der Waals surface area contributed by atoms with Crippen LogP contribution in [-0.2, 0) is 0 Å². The molecule has 6 aromatic carbocycles. The molecule has 4 heteroatoms. The lowest BCUT2D eigenvalue weighted by Gasteiger charge is -2.14. The van der Waals surface area contributed by atoms with E-state index >= 15 is 0 Å². The van der Waals surface area contributed by atoms with Gasteiger partial charge in [0.2, 0.25) is 0 Å². The molecule has 0 aliphatic heterocycles. The van der Waals surface area contributed by atoms with Crippen molar-refractivity contribution in [3.05, 3.63) is 149 Å². The average Bonchev–Trinajstić information content (AvgIpc) is 3.56. The maximum atomic E-state index is 10.4. The third-order valence-electron chi connectivity index (χ3n) is 8.69. The molecule has 0 saturated carbocycles. The second-order valence-corrected chi connectivity index (χ2v) is 11.4. The first-order chi connectivity index (χ1) is 21.6. The average molecular weight is 563 g/mol. The van der Waals surface area contributed by atoms with Gasteiger partial charge in [-0.1, -0.05) is 72.8 Å². The lowest BCUT2D eigenvalue weighted by atomic mass is 9.97. The van der Waals surface area contributed by atoms with Gasteiger partial charge in [0.05, 0.1) is 40.3 Å². The summed E-state index contributed by atoms with van der Waals surface area (Å²) in [6.07, 6.45) is 0.